The van der Waals surface area contributed by atoms with Crippen molar-refractivity contribution in [2.24, 2.45) is 0 Å². The van der Waals surface area contributed by atoms with Crippen molar-refractivity contribution in [2.45, 2.75) is 19.8 Å². The zero-order valence-corrected chi connectivity index (χ0v) is 8.49. The second-order valence-corrected chi connectivity index (χ2v) is 3.45. The minimum atomic E-state index is 0.667. The molecule has 0 saturated carbocycles. The Morgan fingerprint density at radius 3 is 3.29 bits per heavy atom. The molecule has 0 saturated heterocycles. The normalized spacial score (nSPS) is 22.8. The third-order valence-electron chi connectivity index (χ3n) is 2.49. The molecular formula is C13H15O+. The fourth-order valence-corrected chi connectivity index (χ4v) is 1.77. The van der Waals surface area contributed by atoms with Crippen LogP contribution in [0.1, 0.15) is 19.8 Å². The Kier molecular flexibility index (Phi) is 2.78. The van der Waals surface area contributed by atoms with E-state index in [1.165, 1.54) is 11.1 Å². The van der Waals surface area contributed by atoms with E-state index in [1.54, 1.807) is 0 Å². The summed E-state index contributed by atoms with van der Waals surface area (Å²) in [4.78, 5) is 0. The van der Waals surface area contributed by atoms with Crippen LogP contribution in [0.15, 0.2) is 47.6 Å². The first-order chi connectivity index (χ1) is 6.92. The molecule has 2 rings (SSSR count). The van der Waals surface area contributed by atoms with E-state index in [4.69, 9.17) is 4.42 Å². The summed E-state index contributed by atoms with van der Waals surface area (Å²) >= 11 is 0. The molecule has 72 valence electrons. The first-order valence-corrected chi connectivity index (χ1v) is 5.11. The van der Waals surface area contributed by atoms with E-state index in [0.717, 1.165) is 18.6 Å². The van der Waals surface area contributed by atoms with Gasteiger partial charge in [-0.15, -0.1) is 0 Å². The molecule has 2 aliphatic carbocycles. The van der Waals surface area contributed by atoms with Gasteiger partial charge >= 0.3 is 5.78 Å². The van der Waals surface area contributed by atoms with Crippen molar-refractivity contribution < 1.29 is 4.42 Å². The van der Waals surface area contributed by atoms with Gasteiger partial charge in [-0.05, 0) is 25.3 Å². The summed E-state index contributed by atoms with van der Waals surface area (Å²) in [6, 6.07) is 0. The molecule has 1 nitrogen and oxygen atoms in total. The average Bonchev–Trinajstić information content (AvgIpc) is 2.67. The third-order valence-corrected chi connectivity index (χ3v) is 2.49. The molecule has 0 aromatic heterocycles. The Balaban J connectivity index is 2.17. The van der Waals surface area contributed by atoms with Crippen LogP contribution in [0.4, 0.5) is 0 Å². The highest BCUT2D eigenvalue weighted by atomic mass is 16.4. The molecule has 0 N–H and O–H groups in total. The van der Waals surface area contributed by atoms with Crippen LogP contribution in [0.5, 0.6) is 0 Å². The van der Waals surface area contributed by atoms with E-state index in [-0.39, 0.29) is 0 Å². The number of ketones is 1. The van der Waals surface area contributed by atoms with Crippen molar-refractivity contribution in [3.63, 3.8) is 0 Å². The predicted molar refractivity (Wildman–Crippen MR) is 59.2 cm³/mol. The van der Waals surface area contributed by atoms with Gasteiger partial charge in [-0.2, -0.15) is 0 Å². The Hall–Kier alpha value is -1.37. The van der Waals surface area contributed by atoms with E-state index in [0.29, 0.717) is 6.61 Å². The zero-order valence-electron chi connectivity index (χ0n) is 8.49. The van der Waals surface area contributed by atoms with Crippen LogP contribution >= 0.6 is 0 Å². The summed E-state index contributed by atoms with van der Waals surface area (Å²) in [5.74, 6) is 1.03. The smallest absolute Gasteiger partial charge is 0.250 e. The number of allylic oxidation sites excluding steroid dienone is 7. The van der Waals surface area contributed by atoms with E-state index >= 15 is 0 Å². The van der Waals surface area contributed by atoms with Crippen LogP contribution in [0.25, 0.3) is 0 Å². The van der Waals surface area contributed by atoms with Gasteiger partial charge in [0.05, 0.1) is 5.57 Å². The number of fused-ring (bicyclic) bond motifs is 1. The van der Waals surface area contributed by atoms with Crippen molar-refractivity contribution in [3.05, 3.63) is 47.6 Å². The van der Waals surface area contributed by atoms with Gasteiger partial charge in [0.2, 0.25) is 0 Å². The maximum atomic E-state index is 5.67. The number of rotatable bonds is 2. The Bertz CT molecular complexity index is 365. The largest absolute Gasteiger partial charge is 0.351 e. The molecule has 0 aromatic carbocycles. The fraction of sp³-hybridized carbons (Fsp3) is 0.308. The van der Waals surface area contributed by atoms with Gasteiger partial charge in [0.15, 0.2) is 0 Å². The molecule has 0 aliphatic heterocycles. The van der Waals surface area contributed by atoms with E-state index in [2.05, 4.69) is 18.2 Å². The Labute approximate surface area is 84.8 Å². The summed E-state index contributed by atoms with van der Waals surface area (Å²) in [6.45, 7) is 2.67. The van der Waals surface area contributed by atoms with Crippen LogP contribution in [-0.4, -0.2) is 12.4 Å². The minimum absolute atomic E-state index is 0.667. The van der Waals surface area contributed by atoms with Crippen LogP contribution < -0.4 is 0 Å². The molecule has 2 aliphatic rings. The van der Waals surface area contributed by atoms with Gasteiger partial charge < -0.3 is 0 Å². The molecule has 14 heavy (non-hydrogen) atoms. The highest BCUT2D eigenvalue weighted by Gasteiger charge is 2.24. The van der Waals surface area contributed by atoms with Crippen molar-refractivity contribution in [1.29, 1.82) is 0 Å². The van der Waals surface area contributed by atoms with Gasteiger partial charge in [-0.3, -0.25) is 0 Å². The molecule has 1 heteroatoms. The topological polar surface area (TPSA) is 11.3 Å². The monoisotopic (exact) mass is 187 g/mol. The average molecular weight is 187 g/mol. The van der Waals surface area contributed by atoms with E-state index in [9.17, 15) is 0 Å². The van der Waals surface area contributed by atoms with Crippen LogP contribution in [0.2, 0.25) is 0 Å². The van der Waals surface area contributed by atoms with Crippen LogP contribution in [0, 0.1) is 0 Å². The molecule has 0 unspecified atom stereocenters. The summed E-state index contributed by atoms with van der Waals surface area (Å²) in [7, 11) is 0. The number of hydrogen-bond acceptors (Lipinski definition) is 0. The standard InChI is InChI=1S/C13H15O/c1-2-3-10-14-13-9-5-7-11-6-4-8-12(11)13/h2-3,5,7-9H,4,6,10H2,1H3/q+1/b3-2+. The molecule has 0 atom stereocenters. The van der Waals surface area contributed by atoms with Gasteiger partial charge in [-0.25, -0.2) is 4.42 Å². The third kappa shape index (κ3) is 1.77. The summed E-state index contributed by atoms with van der Waals surface area (Å²) < 4.78 is 5.67. The first kappa shape index (κ1) is 9.20. The fourth-order valence-electron chi connectivity index (χ4n) is 1.77. The maximum Gasteiger partial charge on any atom is 0.351 e. The van der Waals surface area contributed by atoms with Crippen molar-refractivity contribution in [2.75, 3.05) is 6.61 Å². The number of hydrogen-bond donors (Lipinski definition) is 0. The second-order valence-electron chi connectivity index (χ2n) is 3.45. The van der Waals surface area contributed by atoms with Crippen molar-refractivity contribution >= 4 is 5.78 Å². The Morgan fingerprint density at radius 1 is 1.50 bits per heavy atom. The second kappa shape index (κ2) is 4.23. The van der Waals surface area contributed by atoms with Crippen molar-refractivity contribution in [3.8, 4) is 0 Å². The summed E-state index contributed by atoms with van der Waals surface area (Å²) in [5, 5.41) is 0. The van der Waals surface area contributed by atoms with E-state index in [1.807, 2.05) is 25.2 Å². The summed E-state index contributed by atoms with van der Waals surface area (Å²) in [6.07, 6.45) is 14.9. The zero-order chi connectivity index (χ0) is 9.80. The van der Waals surface area contributed by atoms with Gasteiger partial charge in [0.25, 0.3) is 6.61 Å². The lowest BCUT2D eigenvalue weighted by atomic mass is 10.0. The molecule has 0 fully saturated rings. The lowest BCUT2D eigenvalue weighted by molar-refractivity contribution is -0.443. The van der Waals surface area contributed by atoms with Crippen LogP contribution in [-0.2, 0) is 4.42 Å². The molecule has 0 bridgehead atoms. The summed E-state index contributed by atoms with van der Waals surface area (Å²) in [5.41, 5.74) is 2.72. The molecule has 0 radical (unpaired) electrons. The van der Waals surface area contributed by atoms with Gasteiger partial charge in [0, 0.05) is 12.2 Å². The lowest BCUT2D eigenvalue weighted by Gasteiger charge is -2.01. The Morgan fingerprint density at radius 2 is 2.43 bits per heavy atom. The van der Waals surface area contributed by atoms with Gasteiger partial charge in [0.1, 0.15) is 0 Å². The van der Waals surface area contributed by atoms with Crippen LogP contribution in [0.3, 0.4) is 0 Å². The highest BCUT2D eigenvalue weighted by Crippen LogP contribution is 2.28. The maximum absolute atomic E-state index is 5.67. The van der Waals surface area contributed by atoms with Gasteiger partial charge in [-0.1, -0.05) is 24.3 Å². The molecular weight excluding hydrogens is 172 g/mol. The SMILES string of the molecule is C/C=C/C[O+]=C1C=CC=C2CCC=C21. The van der Waals surface area contributed by atoms with E-state index < -0.39 is 0 Å². The molecule has 0 amide bonds. The lowest BCUT2D eigenvalue weighted by Crippen LogP contribution is -2.06. The quantitative estimate of drug-likeness (QED) is 0.465. The van der Waals surface area contributed by atoms with Crippen molar-refractivity contribution in [1.82, 2.24) is 0 Å². The molecule has 0 spiro atoms. The minimum Gasteiger partial charge on any atom is -0.250 e. The molecule has 0 aromatic rings. The highest BCUT2D eigenvalue weighted by molar-refractivity contribution is 6.09. The predicted octanol–water partition coefficient (Wildman–Crippen LogP) is 2.88. The molecule has 0 heterocycles. The number of carbonyl (C=O) groups excluding carboxylic acids is 1. The first-order valence-electron chi connectivity index (χ1n) is 5.11.